The Morgan fingerprint density at radius 3 is 2.33 bits per heavy atom. The van der Waals surface area contributed by atoms with E-state index in [2.05, 4.69) is 5.32 Å². The quantitative estimate of drug-likeness (QED) is 0.792. The molecule has 1 aromatic rings. The van der Waals surface area contributed by atoms with Crippen LogP contribution in [-0.2, 0) is 14.8 Å². The summed E-state index contributed by atoms with van der Waals surface area (Å²) in [6, 6.07) is 6.96. The zero-order valence-corrected chi connectivity index (χ0v) is 13.4. The number of ether oxygens (including phenoxy) is 1. The fraction of sp³-hybridized carbons (Fsp3) is 0.500. The molecule has 0 spiro atoms. The van der Waals surface area contributed by atoms with Crippen molar-refractivity contribution >= 4 is 21.6 Å². The summed E-state index contributed by atoms with van der Waals surface area (Å²) in [6.45, 7) is 2.51. The third kappa shape index (κ3) is 6.14. The molecule has 118 valence electrons. The van der Waals surface area contributed by atoms with Gasteiger partial charge in [-0.25, -0.2) is 12.7 Å². The molecular weight excluding hydrogens is 292 g/mol. The maximum Gasteiger partial charge on any atom is 0.225 e. The Bertz CT molecular complexity index is 555. The van der Waals surface area contributed by atoms with E-state index in [0.29, 0.717) is 24.4 Å². The molecule has 0 radical (unpaired) electrons. The molecule has 0 aliphatic carbocycles. The second kappa shape index (κ2) is 7.99. The van der Waals surface area contributed by atoms with E-state index < -0.39 is 10.0 Å². The standard InChI is InChI=1S/C14H22N2O4S/c1-4-10-16(21(3,18)19)11-9-14(17)15-12-5-7-13(20-2)8-6-12/h5-8H,4,9-11H2,1-3H3,(H,15,17). The van der Waals surface area contributed by atoms with Gasteiger partial charge in [0, 0.05) is 25.2 Å². The average molecular weight is 314 g/mol. The first kappa shape index (κ1) is 17.5. The molecule has 0 saturated heterocycles. The van der Waals surface area contributed by atoms with Gasteiger partial charge in [0.05, 0.1) is 13.4 Å². The fourth-order valence-corrected chi connectivity index (χ4v) is 2.75. The Kier molecular flexibility index (Phi) is 6.64. The second-order valence-corrected chi connectivity index (χ2v) is 6.67. The Morgan fingerprint density at radius 2 is 1.86 bits per heavy atom. The van der Waals surface area contributed by atoms with Crippen molar-refractivity contribution in [1.29, 1.82) is 0 Å². The second-order valence-electron chi connectivity index (χ2n) is 4.69. The first-order valence-corrected chi connectivity index (χ1v) is 8.60. The Morgan fingerprint density at radius 1 is 1.24 bits per heavy atom. The molecule has 1 amide bonds. The summed E-state index contributed by atoms with van der Waals surface area (Å²) in [7, 11) is -1.70. The van der Waals surface area contributed by atoms with Crippen molar-refractivity contribution in [2.24, 2.45) is 0 Å². The first-order valence-electron chi connectivity index (χ1n) is 6.76. The maximum atomic E-state index is 11.8. The van der Waals surface area contributed by atoms with Gasteiger partial charge in [-0.1, -0.05) is 6.92 Å². The largest absolute Gasteiger partial charge is 0.497 e. The smallest absolute Gasteiger partial charge is 0.225 e. The molecule has 0 bridgehead atoms. The summed E-state index contributed by atoms with van der Waals surface area (Å²) in [5.41, 5.74) is 0.655. The van der Waals surface area contributed by atoms with Gasteiger partial charge in [0.15, 0.2) is 0 Å². The summed E-state index contributed by atoms with van der Waals surface area (Å²) in [5, 5.41) is 2.73. The summed E-state index contributed by atoms with van der Waals surface area (Å²) in [6.07, 6.45) is 2.00. The molecule has 6 nitrogen and oxygen atoms in total. The summed E-state index contributed by atoms with van der Waals surface area (Å²) >= 11 is 0. The van der Waals surface area contributed by atoms with Crippen molar-refractivity contribution < 1.29 is 17.9 Å². The molecular formula is C14H22N2O4S. The maximum absolute atomic E-state index is 11.8. The third-order valence-electron chi connectivity index (χ3n) is 2.90. The zero-order valence-electron chi connectivity index (χ0n) is 12.6. The lowest BCUT2D eigenvalue weighted by Crippen LogP contribution is -2.33. The van der Waals surface area contributed by atoms with E-state index in [1.807, 2.05) is 6.92 Å². The van der Waals surface area contributed by atoms with Crippen LogP contribution >= 0.6 is 0 Å². The monoisotopic (exact) mass is 314 g/mol. The van der Waals surface area contributed by atoms with Gasteiger partial charge >= 0.3 is 0 Å². The Hall–Kier alpha value is -1.60. The van der Waals surface area contributed by atoms with Gasteiger partial charge in [0.25, 0.3) is 0 Å². The van der Waals surface area contributed by atoms with Gasteiger partial charge in [-0.05, 0) is 30.7 Å². The van der Waals surface area contributed by atoms with Crippen LogP contribution in [0.5, 0.6) is 5.75 Å². The highest BCUT2D eigenvalue weighted by Crippen LogP contribution is 2.15. The predicted molar refractivity (Wildman–Crippen MR) is 82.9 cm³/mol. The van der Waals surface area contributed by atoms with Gasteiger partial charge in [-0.3, -0.25) is 4.79 Å². The molecule has 1 aromatic carbocycles. The molecule has 0 aromatic heterocycles. The summed E-state index contributed by atoms with van der Waals surface area (Å²) < 4.78 is 29.4. The number of hydrogen-bond acceptors (Lipinski definition) is 4. The number of anilines is 1. The van der Waals surface area contributed by atoms with E-state index in [1.165, 1.54) is 4.31 Å². The van der Waals surface area contributed by atoms with E-state index in [9.17, 15) is 13.2 Å². The molecule has 1 rings (SSSR count). The minimum Gasteiger partial charge on any atom is -0.497 e. The number of benzene rings is 1. The molecule has 1 N–H and O–H groups in total. The molecule has 0 unspecified atom stereocenters. The zero-order chi connectivity index (χ0) is 15.9. The topological polar surface area (TPSA) is 75.7 Å². The van der Waals surface area contributed by atoms with E-state index in [0.717, 1.165) is 6.26 Å². The lowest BCUT2D eigenvalue weighted by Gasteiger charge is -2.18. The molecule has 21 heavy (non-hydrogen) atoms. The first-order chi connectivity index (χ1) is 9.86. The van der Waals surface area contributed by atoms with Crippen molar-refractivity contribution in [3.63, 3.8) is 0 Å². The van der Waals surface area contributed by atoms with Crippen molar-refractivity contribution in [2.45, 2.75) is 19.8 Å². The number of nitrogens with zero attached hydrogens (tertiary/aromatic N) is 1. The minimum absolute atomic E-state index is 0.124. The van der Waals surface area contributed by atoms with Gasteiger partial charge < -0.3 is 10.1 Å². The van der Waals surface area contributed by atoms with E-state index in [1.54, 1.807) is 31.4 Å². The Labute approximate surface area is 126 Å². The number of methoxy groups -OCH3 is 1. The highest BCUT2D eigenvalue weighted by Gasteiger charge is 2.16. The lowest BCUT2D eigenvalue weighted by atomic mass is 10.3. The van der Waals surface area contributed by atoms with Gasteiger partial charge in [0.2, 0.25) is 15.9 Å². The van der Waals surface area contributed by atoms with E-state index in [-0.39, 0.29) is 18.9 Å². The number of amides is 1. The van der Waals surface area contributed by atoms with Crippen molar-refractivity contribution in [3.8, 4) is 5.75 Å². The van der Waals surface area contributed by atoms with Crippen LogP contribution < -0.4 is 10.1 Å². The number of carbonyl (C=O) groups excluding carboxylic acids is 1. The SMILES string of the molecule is CCCN(CCC(=O)Nc1ccc(OC)cc1)S(C)(=O)=O. The molecule has 0 saturated carbocycles. The number of sulfonamides is 1. The van der Waals surface area contributed by atoms with Gasteiger partial charge in [-0.2, -0.15) is 0 Å². The van der Waals surface area contributed by atoms with Crippen molar-refractivity contribution in [2.75, 3.05) is 31.8 Å². The van der Waals surface area contributed by atoms with Gasteiger partial charge in [-0.15, -0.1) is 0 Å². The van der Waals surface area contributed by atoms with E-state index in [4.69, 9.17) is 4.74 Å². The van der Waals surface area contributed by atoms with Crippen LogP contribution in [-0.4, -0.2) is 45.1 Å². The normalized spacial score (nSPS) is 11.4. The molecule has 0 aliphatic heterocycles. The fourth-order valence-electron chi connectivity index (χ4n) is 1.82. The highest BCUT2D eigenvalue weighted by atomic mass is 32.2. The summed E-state index contributed by atoms with van der Waals surface area (Å²) in [5.74, 6) is 0.490. The number of carbonyl (C=O) groups is 1. The van der Waals surface area contributed by atoms with Crippen LogP contribution in [0.25, 0.3) is 0 Å². The minimum atomic E-state index is -3.27. The molecule has 7 heteroatoms. The molecule has 0 heterocycles. The molecule has 0 atom stereocenters. The molecule has 0 fully saturated rings. The summed E-state index contributed by atoms with van der Waals surface area (Å²) in [4.78, 5) is 11.8. The van der Waals surface area contributed by atoms with Crippen molar-refractivity contribution in [3.05, 3.63) is 24.3 Å². The lowest BCUT2D eigenvalue weighted by molar-refractivity contribution is -0.116. The Balaban J connectivity index is 2.52. The average Bonchev–Trinajstić information content (AvgIpc) is 2.43. The van der Waals surface area contributed by atoms with Crippen LogP contribution in [0.2, 0.25) is 0 Å². The van der Waals surface area contributed by atoms with Crippen molar-refractivity contribution in [1.82, 2.24) is 4.31 Å². The van der Waals surface area contributed by atoms with Crippen LogP contribution in [0.4, 0.5) is 5.69 Å². The van der Waals surface area contributed by atoms with Crippen LogP contribution in [0.15, 0.2) is 24.3 Å². The highest BCUT2D eigenvalue weighted by molar-refractivity contribution is 7.88. The van der Waals surface area contributed by atoms with Gasteiger partial charge in [0.1, 0.15) is 5.75 Å². The number of hydrogen-bond donors (Lipinski definition) is 1. The predicted octanol–water partition coefficient (Wildman–Crippen LogP) is 1.70. The van der Waals surface area contributed by atoms with E-state index >= 15 is 0 Å². The third-order valence-corrected chi connectivity index (χ3v) is 4.21. The van der Waals surface area contributed by atoms with Crippen LogP contribution in [0.1, 0.15) is 19.8 Å². The molecule has 0 aliphatic rings. The van der Waals surface area contributed by atoms with Crippen LogP contribution in [0, 0.1) is 0 Å². The number of nitrogens with one attached hydrogen (secondary N) is 1. The van der Waals surface area contributed by atoms with Crippen LogP contribution in [0.3, 0.4) is 0 Å². The number of rotatable bonds is 8.